The van der Waals surface area contributed by atoms with Gasteiger partial charge in [-0.25, -0.2) is 0 Å². The highest BCUT2D eigenvalue weighted by atomic mass is 35.5. The van der Waals surface area contributed by atoms with Gasteiger partial charge in [-0.1, -0.05) is 18.5 Å². The van der Waals surface area contributed by atoms with Crippen LogP contribution in [0.25, 0.3) is 0 Å². The van der Waals surface area contributed by atoms with Crippen molar-refractivity contribution in [2.45, 2.75) is 58.4 Å². The monoisotopic (exact) mass is 317 g/mol. The highest BCUT2D eigenvalue weighted by Gasteiger charge is 2.21. The average molecular weight is 318 g/mol. The van der Waals surface area contributed by atoms with Gasteiger partial charge >= 0.3 is 0 Å². The highest BCUT2D eigenvalue weighted by molar-refractivity contribution is 6.32. The molecule has 0 aromatic heterocycles. The van der Waals surface area contributed by atoms with E-state index in [0.717, 1.165) is 43.1 Å². The van der Waals surface area contributed by atoms with Crippen LogP contribution in [0.4, 0.5) is 0 Å². The fraction of sp³-hybridized carbons (Fsp3) is 0.625. The van der Waals surface area contributed by atoms with E-state index >= 15 is 0 Å². The largest absolute Gasteiger partial charge is 0.492 e. The van der Waals surface area contributed by atoms with Gasteiger partial charge in [0.05, 0.1) is 11.6 Å². The summed E-state index contributed by atoms with van der Waals surface area (Å²) in [7, 11) is 0. The molecule has 1 aliphatic rings. The Hall–Kier alpha value is -0.440. The lowest BCUT2D eigenvalue weighted by Gasteiger charge is -2.24. The molecule has 0 bridgehead atoms. The molecule has 0 heterocycles. The van der Waals surface area contributed by atoms with Crippen molar-refractivity contribution in [1.29, 1.82) is 0 Å². The zero-order valence-electron chi connectivity index (χ0n) is 12.4. The number of fused-ring (bicyclic) bond motifs is 1. The lowest BCUT2D eigenvalue weighted by Crippen LogP contribution is -2.20. The molecule has 2 N–H and O–H groups in total. The van der Waals surface area contributed by atoms with Crippen LogP contribution in [0.2, 0.25) is 5.02 Å². The Labute approximate surface area is 133 Å². The molecule has 2 rings (SSSR count). The van der Waals surface area contributed by atoms with E-state index in [1.54, 1.807) is 0 Å². The second-order valence-corrected chi connectivity index (χ2v) is 5.95. The van der Waals surface area contributed by atoms with Gasteiger partial charge in [-0.05, 0) is 68.2 Å². The molecule has 0 radical (unpaired) electrons. The molecule has 1 aromatic carbocycles. The van der Waals surface area contributed by atoms with Gasteiger partial charge in [0.15, 0.2) is 0 Å². The van der Waals surface area contributed by atoms with Gasteiger partial charge in [0.25, 0.3) is 0 Å². The van der Waals surface area contributed by atoms with Crippen molar-refractivity contribution in [3.8, 4) is 5.75 Å². The lowest BCUT2D eigenvalue weighted by molar-refractivity contribution is 0.312. The number of nitrogens with two attached hydrogens (primary N) is 1. The van der Waals surface area contributed by atoms with Crippen molar-refractivity contribution >= 4 is 24.0 Å². The van der Waals surface area contributed by atoms with Crippen molar-refractivity contribution in [3.63, 3.8) is 0 Å². The minimum atomic E-state index is 0. The summed E-state index contributed by atoms with van der Waals surface area (Å²) >= 11 is 6.42. The fourth-order valence-corrected chi connectivity index (χ4v) is 3.15. The van der Waals surface area contributed by atoms with E-state index in [1.165, 1.54) is 29.5 Å². The molecule has 0 saturated carbocycles. The number of hydrogen-bond donors (Lipinski definition) is 1. The van der Waals surface area contributed by atoms with E-state index in [0.29, 0.717) is 0 Å². The number of benzene rings is 1. The molecule has 0 spiro atoms. The van der Waals surface area contributed by atoms with Gasteiger partial charge in [0.2, 0.25) is 0 Å². The standard InChI is InChI=1S/C16H24ClNO.ClH/c1-3-8-19-16-14-7-5-4-6-13(14)12(9-11(2)18)10-15(16)17;/h10-11H,3-9,18H2,1-2H3;1H. The Balaban J connectivity index is 0.00000200. The summed E-state index contributed by atoms with van der Waals surface area (Å²) in [4.78, 5) is 0. The van der Waals surface area contributed by atoms with Crippen LogP contribution < -0.4 is 10.5 Å². The van der Waals surface area contributed by atoms with Gasteiger partial charge in [-0.2, -0.15) is 0 Å². The van der Waals surface area contributed by atoms with Gasteiger partial charge in [0, 0.05) is 6.04 Å². The molecule has 2 nitrogen and oxygen atoms in total. The molecule has 1 aromatic rings. The predicted molar refractivity (Wildman–Crippen MR) is 88.5 cm³/mol. The average Bonchev–Trinajstić information content (AvgIpc) is 2.38. The highest BCUT2D eigenvalue weighted by Crippen LogP contribution is 2.38. The third-order valence-corrected chi connectivity index (χ3v) is 3.92. The molecule has 0 fully saturated rings. The fourth-order valence-electron chi connectivity index (χ4n) is 2.85. The summed E-state index contributed by atoms with van der Waals surface area (Å²) in [5, 5.41) is 0.754. The summed E-state index contributed by atoms with van der Waals surface area (Å²) < 4.78 is 5.88. The van der Waals surface area contributed by atoms with Crippen LogP contribution >= 0.6 is 24.0 Å². The maximum atomic E-state index is 6.42. The van der Waals surface area contributed by atoms with Crippen molar-refractivity contribution < 1.29 is 4.74 Å². The van der Waals surface area contributed by atoms with E-state index in [9.17, 15) is 0 Å². The van der Waals surface area contributed by atoms with Crippen LogP contribution in [0.5, 0.6) is 5.75 Å². The van der Waals surface area contributed by atoms with Gasteiger partial charge in [0.1, 0.15) is 5.75 Å². The SMILES string of the molecule is CCCOc1c(Cl)cc(CC(C)N)c2c1CCCC2.Cl. The second-order valence-electron chi connectivity index (χ2n) is 5.54. The van der Waals surface area contributed by atoms with Crippen LogP contribution in [-0.4, -0.2) is 12.6 Å². The quantitative estimate of drug-likeness (QED) is 0.877. The number of hydrogen-bond acceptors (Lipinski definition) is 2. The number of ether oxygens (including phenoxy) is 1. The third kappa shape index (κ3) is 4.03. The molecule has 4 heteroatoms. The van der Waals surface area contributed by atoms with E-state index in [-0.39, 0.29) is 18.4 Å². The Morgan fingerprint density at radius 2 is 1.95 bits per heavy atom. The Morgan fingerprint density at radius 3 is 2.55 bits per heavy atom. The van der Waals surface area contributed by atoms with Crippen LogP contribution in [-0.2, 0) is 19.3 Å². The second kappa shape index (κ2) is 8.11. The van der Waals surface area contributed by atoms with Crippen molar-refractivity contribution in [1.82, 2.24) is 0 Å². The van der Waals surface area contributed by atoms with E-state index in [4.69, 9.17) is 22.1 Å². The van der Waals surface area contributed by atoms with Crippen LogP contribution in [0.1, 0.15) is 49.8 Å². The minimum Gasteiger partial charge on any atom is -0.492 e. The third-order valence-electron chi connectivity index (χ3n) is 3.64. The number of rotatable bonds is 5. The van der Waals surface area contributed by atoms with E-state index in [2.05, 4.69) is 13.0 Å². The van der Waals surface area contributed by atoms with Crippen LogP contribution in [0, 0.1) is 0 Å². The van der Waals surface area contributed by atoms with Gasteiger partial charge < -0.3 is 10.5 Å². The minimum absolute atomic E-state index is 0. The topological polar surface area (TPSA) is 35.2 Å². The Kier molecular flexibility index (Phi) is 7.14. The normalized spacial score (nSPS) is 15.2. The van der Waals surface area contributed by atoms with Crippen LogP contribution in [0.15, 0.2) is 6.07 Å². The summed E-state index contributed by atoms with van der Waals surface area (Å²) in [6, 6.07) is 2.24. The van der Waals surface area contributed by atoms with Gasteiger partial charge in [-0.15, -0.1) is 12.4 Å². The Bertz CT molecular complexity index is 447. The first-order valence-electron chi connectivity index (χ1n) is 7.35. The maximum Gasteiger partial charge on any atom is 0.141 e. The summed E-state index contributed by atoms with van der Waals surface area (Å²) in [5.41, 5.74) is 10.0. The summed E-state index contributed by atoms with van der Waals surface area (Å²) in [6.07, 6.45) is 6.61. The van der Waals surface area contributed by atoms with Crippen molar-refractivity contribution in [2.75, 3.05) is 6.61 Å². The zero-order valence-corrected chi connectivity index (χ0v) is 13.9. The maximum absolute atomic E-state index is 6.42. The molecule has 0 amide bonds. The predicted octanol–water partition coefficient (Wildman–Crippen LogP) is 4.32. The first kappa shape index (κ1) is 17.6. The molecule has 1 unspecified atom stereocenters. The van der Waals surface area contributed by atoms with Gasteiger partial charge in [-0.3, -0.25) is 0 Å². The molecule has 0 aliphatic heterocycles. The molecular weight excluding hydrogens is 293 g/mol. The first-order chi connectivity index (χ1) is 9.13. The molecule has 20 heavy (non-hydrogen) atoms. The molecular formula is C16H25Cl2NO. The summed E-state index contributed by atoms with van der Waals surface area (Å²) in [6.45, 7) is 4.90. The van der Waals surface area contributed by atoms with E-state index < -0.39 is 0 Å². The molecule has 114 valence electrons. The zero-order chi connectivity index (χ0) is 13.8. The molecule has 1 aliphatic carbocycles. The molecule has 1 atom stereocenters. The lowest BCUT2D eigenvalue weighted by atomic mass is 9.85. The first-order valence-corrected chi connectivity index (χ1v) is 7.72. The number of halogens is 2. The van der Waals surface area contributed by atoms with Crippen LogP contribution in [0.3, 0.4) is 0 Å². The molecule has 0 saturated heterocycles. The van der Waals surface area contributed by atoms with Crippen molar-refractivity contribution in [2.24, 2.45) is 5.73 Å². The van der Waals surface area contributed by atoms with E-state index in [1.807, 2.05) is 6.92 Å². The Morgan fingerprint density at radius 1 is 1.30 bits per heavy atom. The van der Waals surface area contributed by atoms with Crippen molar-refractivity contribution in [3.05, 3.63) is 27.8 Å². The summed E-state index contributed by atoms with van der Waals surface area (Å²) in [5.74, 6) is 0.923. The smallest absolute Gasteiger partial charge is 0.141 e.